The minimum absolute atomic E-state index is 0.515. The number of aliphatic hydroxyl groups is 1. The number of nitrogens with one attached hydrogen (secondary N) is 1. The monoisotopic (exact) mass is 235 g/mol. The number of nitrogens with zero attached hydrogens (tertiary/aromatic N) is 1. The predicted molar refractivity (Wildman–Crippen MR) is 69.7 cm³/mol. The van der Waals surface area contributed by atoms with Crippen molar-refractivity contribution in [3.05, 3.63) is 18.3 Å². The highest BCUT2D eigenvalue weighted by Gasteiger charge is 2.31. The Bertz CT molecular complexity index is 355. The summed E-state index contributed by atoms with van der Waals surface area (Å²) in [4.78, 5) is 4.01. The molecular weight excluding hydrogens is 214 g/mol. The van der Waals surface area contributed by atoms with Crippen LogP contribution in [0, 0.1) is 5.92 Å². The van der Waals surface area contributed by atoms with E-state index in [0.29, 0.717) is 12.4 Å². The molecule has 1 fully saturated rings. The second-order valence-corrected chi connectivity index (χ2v) is 5.23. The largest absolute Gasteiger partial charge is 0.388 e. The minimum atomic E-state index is -0.562. The van der Waals surface area contributed by atoms with Crippen molar-refractivity contribution >= 4 is 11.5 Å². The maximum absolute atomic E-state index is 10.4. The Kier molecular flexibility index (Phi) is 3.52. The molecule has 4 nitrogen and oxygen atoms in total. The Morgan fingerprint density at radius 1 is 1.47 bits per heavy atom. The average molecular weight is 235 g/mol. The number of rotatable bonds is 3. The van der Waals surface area contributed by atoms with Crippen LogP contribution in [-0.2, 0) is 0 Å². The van der Waals surface area contributed by atoms with Crippen LogP contribution in [0.15, 0.2) is 18.3 Å². The molecule has 0 aromatic carbocycles. The summed E-state index contributed by atoms with van der Waals surface area (Å²) in [6.07, 6.45) is 5.67. The molecule has 2 rings (SSSR count). The van der Waals surface area contributed by atoms with Crippen LogP contribution in [0.25, 0.3) is 0 Å². The van der Waals surface area contributed by atoms with E-state index in [1.54, 1.807) is 12.3 Å². The average Bonchev–Trinajstić information content (AvgIpc) is 2.33. The van der Waals surface area contributed by atoms with Gasteiger partial charge in [-0.25, -0.2) is 4.98 Å². The van der Waals surface area contributed by atoms with Crippen molar-refractivity contribution in [3.63, 3.8) is 0 Å². The number of anilines is 2. The van der Waals surface area contributed by atoms with E-state index in [4.69, 9.17) is 5.73 Å². The van der Waals surface area contributed by atoms with Crippen LogP contribution in [0.3, 0.4) is 0 Å². The van der Waals surface area contributed by atoms with Gasteiger partial charge in [-0.3, -0.25) is 0 Å². The maximum atomic E-state index is 10.4. The van der Waals surface area contributed by atoms with Gasteiger partial charge in [-0.15, -0.1) is 0 Å². The van der Waals surface area contributed by atoms with E-state index >= 15 is 0 Å². The van der Waals surface area contributed by atoms with Crippen molar-refractivity contribution < 1.29 is 5.11 Å². The molecule has 4 N–H and O–H groups in total. The van der Waals surface area contributed by atoms with Crippen molar-refractivity contribution in [2.24, 2.45) is 5.92 Å². The van der Waals surface area contributed by atoms with Gasteiger partial charge in [0.25, 0.3) is 0 Å². The lowest BCUT2D eigenvalue weighted by Gasteiger charge is -2.35. The van der Waals surface area contributed by atoms with Gasteiger partial charge in [-0.05, 0) is 43.7 Å². The Labute approximate surface area is 102 Å². The van der Waals surface area contributed by atoms with E-state index < -0.39 is 5.60 Å². The molecule has 0 amide bonds. The number of nitrogens with two attached hydrogens (primary N) is 1. The molecule has 1 aromatic rings. The molecule has 0 saturated heterocycles. The van der Waals surface area contributed by atoms with Gasteiger partial charge >= 0.3 is 0 Å². The van der Waals surface area contributed by atoms with Gasteiger partial charge in [0.15, 0.2) is 0 Å². The quantitative estimate of drug-likeness (QED) is 0.749. The van der Waals surface area contributed by atoms with Crippen LogP contribution in [0.1, 0.15) is 32.6 Å². The van der Waals surface area contributed by atoms with E-state index in [9.17, 15) is 5.11 Å². The molecule has 0 bridgehead atoms. The highest BCUT2D eigenvalue weighted by atomic mass is 16.3. The second-order valence-electron chi connectivity index (χ2n) is 5.23. The molecule has 0 aliphatic heterocycles. The van der Waals surface area contributed by atoms with Crippen LogP contribution in [0.4, 0.5) is 11.5 Å². The van der Waals surface area contributed by atoms with E-state index in [2.05, 4.69) is 17.2 Å². The lowest BCUT2D eigenvalue weighted by Crippen LogP contribution is -2.40. The molecule has 0 spiro atoms. The third-order valence-electron chi connectivity index (χ3n) is 3.61. The van der Waals surface area contributed by atoms with Crippen molar-refractivity contribution in [3.8, 4) is 0 Å². The van der Waals surface area contributed by atoms with Gasteiger partial charge in [0.05, 0.1) is 17.5 Å². The molecular formula is C13H21N3O. The Morgan fingerprint density at radius 3 is 2.76 bits per heavy atom. The molecule has 94 valence electrons. The molecule has 0 atom stereocenters. The predicted octanol–water partition coefficient (Wildman–Crippen LogP) is 2.02. The lowest BCUT2D eigenvalue weighted by atomic mass is 9.79. The molecule has 4 heteroatoms. The van der Waals surface area contributed by atoms with Crippen molar-refractivity contribution in [2.75, 3.05) is 17.6 Å². The van der Waals surface area contributed by atoms with Gasteiger partial charge in [0.2, 0.25) is 0 Å². The highest BCUT2D eigenvalue weighted by molar-refractivity contribution is 5.45. The first kappa shape index (κ1) is 12.2. The van der Waals surface area contributed by atoms with Crippen LogP contribution in [0.5, 0.6) is 0 Å². The SMILES string of the molecule is CC1CCC(O)(CNc2ccc(N)nc2)CC1. The van der Waals surface area contributed by atoms with E-state index in [0.717, 1.165) is 37.3 Å². The van der Waals surface area contributed by atoms with Gasteiger partial charge in [-0.1, -0.05) is 6.92 Å². The fourth-order valence-corrected chi connectivity index (χ4v) is 2.25. The van der Waals surface area contributed by atoms with Gasteiger partial charge < -0.3 is 16.2 Å². The van der Waals surface area contributed by atoms with Gasteiger partial charge in [0.1, 0.15) is 5.82 Å². The summed E-state index contributed by atoms with van der Waals surface area (Å²) in [6.45, 7) is 2.84. The summed E-state index contributed by atoms with van der Waals surface area (Å²) in [5.41, 5.74) is 5.87. The summed E-state index contributed by atoms with van der Waals surface area (Å²) >= 11 is 0. The number of hydrogen-bond acceptors (Lipinski definition) is 4. The molecule has 1 aliphatic rings. The minimum Gasteiger partial charge on any atom is -0.388 e. The van der Waals surface area contributed by atoms with Crippen molar-refractivity contribution in [1.82, 2.24) is 4.98 Å². The third kappa shape index (κ3) is 3.33. The zero-order chi connectivity index (χ0) is 12.3. The summed E-state index contributed by atoms with van der Waals surface area (Å²) < 4.78 is 0. The molecule has 1 aromatic heterocycles. The summed E-state index contributed by atoms with van der Waals surface area (Å²) in [5.74, 6) is 1.26. The molecule has 1 saturated carbocycles. The molecule has 1 heterocycles. The van der Waals surface area contributed by atoms with E-state index in [1.807, 2.05) is 6.07 Å². The van der Waals surface area contributed by atoms with E-state index in [1.165, 1.54) is 0 Å². The standard InChI is InChI=1S/C13H21N3O/c1-10-4-6-13(17,7-5-10)9-16-11-2-3-12(14)15-8-11/h2-3,8,10,16-17H,4-7,9H2,1H3,(H2,14,15). The smallest absolute Gasteiger partial charge is 0.123 e. The number of nitrogen functional groups attached to an aromatic ring is 1. The van der Waals surface area contributed by atoms with Gasteiger partial charge in [0, 0.05) is 6.54 Å². The summed E-state index contributed by atoms with van der Waals surface area (Å²) in [5, 5.41) is 13.6. The highest BCUT2D eigenvalue weighted by Crippen LogP contribution is 2.31. The Morgan fingerprint density at radius 2 is 2.18 bits per heavy atom. The topological polar surface area (TPSA) is 71.2 Å². The summed E-state index contributed by atoms with van der Waals surface area (Å²) in [7, 11) is 0. The van der Waals surface area contributed by atoms with Crippen LogP contribution in [-0.4, -0.2) is 22.2 Å². The first-order valence-electron chi connectivity index (χ1n) is 6.25. The van der Waals surface area contributed by atoms with Crippen molar-refractivity contribution in [2.45, 2.75) is 38.2 Å². The molecule has 17 heavy (non-hydrogen) atoms. The first-order valence-corrected chi connectivity index (χ1v) is 6.25. The second kappa shape index (κ2) is 4.92. The zero-order valence-corrected chi connectivity index (χ0v) is 10.3. The third-order valence-corrected chi connectivity index (χ3v) is 3.61. The van der Waals surface area contributed by atoms with Crippen LogP contribution in [0.2, 0.25) is 0 Å². The molecule has 1 aliphatic carbocycles. The van der Waals surface area contributed by atoms with Crippen LogP contribution < -0.4 is 11.1 Å². The van der Waals surface area contributed by atoms with E-state index in [-0.39, 0.29) is 0 Å². The Balaban J connectivity index is 1.87. The molecule has 0 radical (unpaired) electrons. The normalized spacial score (nSPS) is 28.9. The number of aromatic nitrogens is 1. The maximum Gasteiger partial charge on any atom is 0.123 e. The van der Waals surface area contributed by atoms with Crippen LogP contribution >= 0.6 is 0 Å². The van der Waals surface area contributed by atoms with Gasteiger partial charge in [-0.2, -0.15) is 0 Å². The lowest BCUT2D eigenvalue weighted by molar-refractivity contribution is 0.00501. The number of hydrogen-bond donors (Lipinski definition) is 3. The van der Waals surface area contributed by atoms with Crippen molar-refractivity contribution in [1.29, 1.82) is 0 Å². The fourth-order valence-electron chi connectivity index (χ4n) is 2.25. The zero-order valence-electron chi connectivity index (χ0n) is 10.3. The first-order chi connectivity index (χ1) is 8.07. The number of pyridine rings is 1. The Hall–Kier alpha value is -1.29. The fraction of sp³-hybridized carbons (Fsp3) is 0.615. The summed E-state index contributed by atoms with van der Waals surface area (Å²) in [6, 6.07) is 3.65. The molecule has 0 unspecified atom stereocenters.